The molecule has 3 aromatic heterocycles. The van der Waals surface area contributed by atoms with Crippen molar-refractivity contribution in [1.82, 2.24) is 19.4 Å². The van der Waals surface area contributed by atoms with Gasteiger partial charge in [0.1, 0.15) is 0 Å². The van der Waals surface area contributed by atoms with Gasteiger partial charge in [-0.3, -0.25) is 0 Å². The van der Waals surface area contributed by atoms with Crippen LogP contribution >= 0.6 is 0 Å². The van der Waals surface area contributed by atoms with Crippen LogP contribution in [0.1, 0.15) is 0 Å². The lowest BCUT2D eigenvalue weighted by molar-refractivity contribution is 1.07. The van der Waals surface area contributed by atoms with E-state index in [9.17, 15) is 0 Å². The second kappa shape index (κ2) is 12.6. The average molecular weight is 701 g/mol. The summed E-state index contributed by atoms with van der Waals surface area (Å²) in [6.45, 7) is 0. The van der Waals surface area contributed by atoms with Crippen molar-refractivity contribution in [2.24, 2.45) is 0 Å². The molecule has 3 heterocycles. The largest absolute Gasteiger partial charge is 0.308 e. The molecule has 0 radical (unpaired) electrons. The fourth-order valence-electron chi connectivity index (χ4n) is 8.20. The summed E-state index contributed by atoms with van der Waals surface area (Å²) < 4.78 is 2.42. The van der Waals surface area contributed by atoms with E-state index in [4.69, 9.17) is 15.0 Å². The molecule has 4 heteroatoms. The Bertz CT molecular complexity index is 3100. The van der Waals surface area contributed by atoms with Gasteiger partial charge in [0.05, 0.1) is 16.6 Å². The Morgan fingerprint density at radius 3 is 1.42 bits per heavy atom. The second-order valence-electron chi connectivity index (χ2n) is 14.0. The summed E-state index contributed by atoms with van der Waals surface area (Å²) >= 11 is 0. The maximum Gasteiger partial charge on any atom is 0.164 e. The molecule has 0 atom stereocenters. The normalized spacial score (nSPS) is 11.6. The molecule has 0 bridgehead atoms. The molecule has 0 amide bonds. The van der Waals surface area contributed by atoms with Crippen molar-refractivity contribution in [3.63, 3.8) is 0 Å². The van der Waals surface area contributed by atoms with Crippen LogP contribution in [0.15, 0.2) is 194 Å². The molecule has 11 rings (SSSR count). The Balaban J connectivity index is 1.09. The standard InChI is InChI=1S/C51H32N4/c1-3-14-33(15-4-1)34-26-28-36(29-27-34)49-52-50(54-51(53-49)43-23-8-7-20-40(43)35-16-5-2-6-17-35)38-19-13-18-37(30-38)39-31-44-41-21-9-11-24-46(41)55-47-25-12-10-22-42(47)45(32-39)48(44)55/h1-32H. The summed E-state index contributed by atoms with van der Waals surface area (Å²) in [6, 6.07) is 68.5. The lowest BCUT2D eigenvalue weighted by atomic mass is 9.97. The van der Waals surface area contributed by atoms with Gasteiger partial charge in [-0.2, -0.15) is 0 Å². The minimum Gasteiger partial charge on any atom is -0.308 e. The van der Waals surface area contributed by atoms with Crippen LogP contribution < -0.4 is 0 Å². The lowest BCUT2D eigenvalue weighted by Gasteiger charge is -2.13. The second-order valence-corrected chi connectivity index (χ2v) is 14.0. The smallest absolute Gasteiger partial charge is 0.164 e. The Hall–Kier alpha value is -7.43. The van der Waals surface area contributed by atoms with Crippen molar-refractivity contribution in [3.8, 4) is 67.5 Å². The van der Waals surface area contributed by atoms with Gasteiger partial charge < -0.3 is 4.40 Å². The number of hydrogen-bond donors (Lipinski definition) is 0. The molecule has 0 aliphatic carbocycles. The quantitative estimate of drug-likeness (QED) is 0.173. The molecule has 256 valence electrons. The monoisotopic (exact) mass is 700 g/mol. The summed E-state index contributed by atoms with van der Waals surface area (Å²) in [6.07, 6.45) is 0. The van der Waals surface area contributed by atoms with Crippen molar-refractivity contribution in [2.75, 3.05) is 0 Å². The predicted molar refractivity (Wildman–Crippen MR) is 227 cm³/mol. The molecule has 0 aliphatic heterocycles. The molecular weight excluding hydrogens is 669 g/mol. The van der Waals surface area contributed by atoms with E-state index in [1.54, 1.807) is 0 Å². The van der Waals surface area contributed by atoms with Gasteiger partial charge in [0.25, 0.3) is 0 Å². The van der Waals surface area contributed by atoms with Crippen LogP contribution in [-0.4, -0.2) is 19.4 Å². The summed E-state index contributed by atoms with van der Waals surface area (Å²) in [4.78, 5) is 15.5. The number of aromatic nitrogens is 4. The number of hydrogen-bond acceptors (Lipinski definition) is 3. The van der Waals surface area contributed by atoms with Gasteiger partial charge in [0.2, 0.25) is 0 Å². The van der Waals surface area contributed by atoms with Crippen LogP contribution in [0.4, 0.5) is 0 Å². The van der Waals surface area contributed by atoms with Gasteiger partial charge in [0.15, 0.2) is 17.5 Å². The van der Waals surface area contributed by atoms with E-state index in [1.165, 1.54) is 43.7 Å². The number of nitrogens with zero attached hydrogens (tertiary/aromatic N) is 4. The van der Waals surface area contributed by atoms with Crippen LogP contribution in [0.25, 0.3) is 106 Å². The van der Waals surface area contributed by atoms with Gasteiger partial charge in [0, 0.05) is 38.2 Å². The first-order valence-electron chi connectivity index (χ1n) is 18.6. The number of fused-ring (bicyclic) bond motifs is 6. The van der Waals surface area contributed by atoms with Crippen molar-refractivity contribution < 1.29 is 0 Å². The molecule has 0 unspecified atom stereocenters. The Morgan fingerprint density at radius 2 is 0.745 bits per heavy atom. The molecular formula is C51H32N4. The van der Waals surface area contributed by atoms with Crippen LogP contribution in [0.3, 0.4) is 0 Å². The van der Waals surface area contributed by atoms with Crippen LogP contribution in [0, 0.1) is 0 Å². The Morgan fingerprint density at radius 1 is 0.273 bits per heavy atom. The molecule has 0 aliphatic rings. The van der Waals surface area contributed by atoms with Crippen LogP contribution in [0.5, 0.6) is 0 Å². The van der Waals surface area contributed by atoms with Gasteiger partial charge >= 0.3 is 0 Å². The van der Waals surface area contributed by atoms with Crippen molar-refractivity contribution in [3.05, 3.63) is 194 Å². The molecule has 11 aromatic rings. The third-order valence-electron chi connectivity index (χ3n) is 10.8. The maximum absolute atomic E-state index is 5.21. The van der Waals surface area contributed by atoms with E-state index in [0.717, 1.165) is 44.5 Å². The Kier molecular flexibility index (Phi) is 7.14. The van der Waals surface area contributed by atoms with Crippen molar-refractivity contribution in [2.45, 2.75) is 0 Å². The zero-order valence-electron chi connectivity index (χ0n) is 29.8. The molecule has 0 saturated heterocycles. The van der Waals surface area contributed by atoms with Gasteiger partial charge in [-0.25, -0.2) is 15.0 Å². The van der Waals surface area contributed by atoms with Gasteiger partial charge in [-0.1, -0.05) is 164 Å². The topological polar surface area (TPSA) is 43.1 Å². The molecule has 55 heavy (non-hydrogen) atoms. The van der Waals surface area contributed by atoms with Gasteiger partial charge in [-0.05, 0) is 63.7 Å². The first-order valence-corrected chi connectivity index (χ1v) is 18.6. The fourth-order valence-corrected chi connectivity index (χ4v) is 8.20. The zero-order valence-corrected chi connectivity index (χ0v) is 29.8. The predicted octanol–water partition coefficient (Wildman–Crippen LogP) is 13.0. The first kappa shape index (κ1) is 31.1. The minimum absolute atomic E-state index is 0.629. The summed E-state index contributed by atoms with van der Waals surface area (Å²) in [5.74, 6) is 1.90. The van der Waals surface area contributed by atoms with Crippen molar-refractivity contribution >= 4 is 38.1 Å². The highest BCUT2D eigenvalue weighted by atomic mass is 15.0. The summed E-state index contributed by atoms with van der Waals surface area (Å²) in [5.41, 5.74) is 13.3. The number of benzene rings is 8. The van der Waals surface area contributed by atoms with E-state index in [0.29, 0.717) is 17.5 Å². The van der Waals surface area contributed by atoms with Crippen LogP contribution in [0.2, 0.25) is 0 Å². The minimum atomic E-state index is 0.629. The summed E-state index contributed by atoms with van der Waals surface area (Å²) in [5, 5.41) is 5.03. The molecule has 8 aromatic carbocycles. The highest BCUT2D eigenvalue weighted by Gasteiger charge is 2.20. The highest BCUT2D eigenvalue weighted by molar-refractivity contribution is 6.24. The van der Waals surface area contributed by atoms with E-state index in [1.807, 2.05) is 12.1 Å². The molecule has 4 nitrogen and oxygen atoms in total. The van der Waals surface area contributed by atoms with E-state index >= 15 is 0 Å². The lowest BCUT2D eigenvalue weighted by Crippen LogP contribution is -2.01. The highest BCUT2D eigenvalue weighted by Crippen LogP contribution is 2.42. The molecule has 0 fully saturated rings. The van der Waals surface area contributed by atoms with Gasteiger partial charge in [-0.15, -0.1) is 0 Å². The third-order valence-corrected chi connectivity index (χ3v) is 10.8. The maximum atomic E-state index is 5.21. The Labute approximate surface area is 318 Å². The third kappa shape index (κ3) is 5.19. The zero-order chi connectivity index (χ0) is 36.3. The molecule has 0 N–H and O–H groups in total. The van der Waals surface area contributed by atoms with Crippen LogP contribution in [-0.2, 0) is 0 Å². The van der Waals surface area contributed by atoms with Crippen molar-refractivity contribution in [1.29, 1.82) is 0 Å². The number of rotatable bonds is 6. The summed E-state index contributed by atoms with van der Waals surface area (Å²) in [7, 11) is 0. The van der Waals surface area contributed by atoms with E-state index in [2.05, 4.69) is 186 Å². The number of para-hydroxylation sites is 2. The fraction of sp³-hybridized carbons (Fsp3) is 0. The molecule has 0 saturated carbocycles. The molecule has 0 spiro atoms. The SMILES string of the molecule is c1ccc(-c2ccc(-c3nc(-c4cccc(-c5cc6c7ccccc7n7c8ccccc8c(c5)c67)c4)nc(-c4ccccc4-c4ccccc4)n3)cc2)cc1. The average Bonchev–Trinajstić information content (AvgIpc) is 3.79. The first-order chi connectivity index (χ1) is 27.3. The van der Waals surface area contributed by atoms with E-state index in [-0.39, 0.29) is 0 Å². The van der Waals surface area contributed by atoms with E-state index < -0.39 is 0 Å².